The van der Waals surface area contributed by atoms with Gasteiger partial charge in [-0.3, -0.25) is 4.98 Å². The molecule has 2 aromatic rings. The summed E-state index contributed by atoms with van der Waals surface area (Å²) >= 11 is 3.45. The van der Waals surface area contributed by atoms with Crippen molar-refractivity contribution in [1.29, 1.82) is 0 Å². The number of methoxy groups -OCH3 is 1. The third kappa shape index (κ3) is 4.05. The summed E-state index contributed by atoms with van der Waals surface area (Å²) in [6.45, 7) is 4.84. The van der Waals surface area contributed by atoms with Crippen molar-refractivity contribution < 1.29 is 4.74 Å². The lowest BCUT2D eigenvalue weighted by atomic mass is 10.1. The summed E-state index contributed by atoms with van der Waals surface area (Å²) in [4.78, 5) is 4.51. The van der Waals surface area contributed by atoms with Crippen LogP contribution in [0.5, 0.6) is 5.75 Å². The van der Waals surface area contributed by atoms with Crippen molar-refractivity contribution in [2.24, 2.45) is 0 Å². The molecule has 1 atom stereocenters. The number of nitrogens with one attached hydrogen (secondary N) is 1. The Labute approximate surface area is 128 Å². The zero-order chi connectivity index (χ0) is 14.5. The highest BCUT2D eigenvalue weighted by molar-refractivity contribution is 9.10. The van der Waals surface area contributed by atoms with Gasteiger partial charge in [-0.05, 0) is 31.5 Å². The number of hydrogen-bond donors (Lipinski definition) is 1. The molecule has 0 saturated carbocycles. The normalized spacial score (nSPS) is 12.2. The maximum atomic E-state index is 5.27. The van der Waals surface area contributed by atoms with Crippen LogP contribution in [-0.4, -0.2) is 12.1 Å². The second kappa shape index (κ2) is 6.86. The van der Waals surface area contributed by atoms with Crippen molar-refractivity contribution in [1.82, 2.24) is 10.3 Å². The fraction of sp³-hybridized carbons (Fsp3) is 0.312. The topological polar surface area (TPSA) is 34.1 Å². The van der Waals surface area contributed by atoms with E-state index in [1.807, 2.05) is 19.1 Å². The monoisotopic (exact) mass is 334 g/mol. The molecule has 0 fully saturated rings. The lowest BCUT2D eigenvalue weighted by Gasteiger charge is -2.14. The van der Waals surface area contributed by atoms with Gasteiger partial charge in [-0.15, -0.1) is 0 Å². The number of rotatable bonds is 5. The predicted octanol–water partition coefficient (Wildman–Crippen LogP) is 4.01. The summed E-state index contributed by atoms with van der Waals surface area (Å²) in [5.74, 6) is 0.852. The highest BCUT2D eigenvalue weighted by Crippen LogP contribution is 2.18. The lowest BCUT2D eigenvalue weighted by Crippen LogP contribution is -2.19. The molecule has 20 heavy (non-hydrogen) atoms. The van der Waals surface area contributed by atoms with Crippen LogP contribution in [0.1, 0.15) is 29.9 Å². The van der Waals surface area contributed by atoms with E-state index in [1.54, 1.807) is 7.11 Å². The average molecular weight is 335 g/mol. The van der Waals surface area contributed by atoms with Gasteiger partial charge in [0.1, 0.15) is 5.75 Å². The molecular formula is C16H19BrN2O. The lowest BCUT2D eigenvalue weighted by molar-refractivity contribution is 0.412. The number of halogens is 1. The van der Waals surface area contributed by atoms with Gasteiger partial charge in [0.25, 0.3) is 0 Å². The molecule has 0 bridgehead atoms. The molecule has 0 aliphatic carbocycles. The Bertz CT molecular complexity index is 569. The molecule has 0 radical (unpaired) electrons. The minimum Gasteiger partial charge on any atom is -0.497 e. The van der Waals surface area contributed by atoms with E-state index in [2.05, 4.69) is 57.4 Å². The molecule has 0 amide bonds. The van der Waals surface area contributed by atoms with Crippen LogP contribution in [0.2, 0.25) is 0 Å². The summed E-state index contributed by atoms with van der Waals surface area (Å²) in [5.41, 5.74) is 3.22. The van der Waals surface area contributed by atoms with Gasteiger partial charge >= 0.3 is 0 Å². The fourth-order valence-electron chi connectivity index (χ4n) is 2.04. The number of benzene rings is 1. The second-order valence-electron chi connectivity index (χ2n) is 4.79. The number of ether oxygens (including phenoxy) is 1. The molecule has 1 heterocycles. The van der Waals surface area contributed by atoms with Crippen molar-refractivity contribution in [3.8, 4) is 5.75 Å². The Morgan fingerprint density at radius 1 is 1.25 bits per heavy atom. The SMILES string of the molecule is COc1cc(C)nc(CNC(C)c2ccc(Br)cc2)c1. The summed E-state index contributed by atoms with van der Waals surface area (Å²) < 4.78 is 6.36. The Morgan fingerprint density at radius 3 is 2.60 bits per heavy atom. The van der Waals surface area contributed by atoms with Gasteiger partial charge < -0.3 is 10.1 Å². The first-order valence-corrected chi connectivity index (χ1v) is 7.38. The van der Waals surface area contributed by atoms with E-state index < -0.39 is 0 Å². The van der Waals surface area contributed by atoms with E-state index in [9.17, 15) is 0 Å². The number of aromatic nitrogens is 1. The summed E-state index contributed by atoms with van der Waals surface area (Å²) in [5, 5.41) is 3.48. The van der Waals surface area contributed by atoms with Crippen molar-refractivity contribution in [3.63, 3.8) is 0 Å². The third-order valence-electron chi connectivity index (χ3n) is 3.18. The molecule has 0 aliphatic heterocycles. The van der Waals surface area contributed by atoms with Gasteiger partial charge in [-0.1, -0.05) is 28.1 Å². The summed E-state index contributed by atoms with van der Waals surface area (Å²) in [6.07, 6.45) is 0. The Morgan fingerprint density at radius 2 is 1.95 bits per heavy atom. The quantitative estimate of drug-likeness (QED) is 0.896. The van der Waals surface area contributed by atoms with Gasteiger partial charge in [0.05, 0.1) is 12.8 Å². The van der Waals surface area contributed by atoms with Gasteiger partial charge in [-0.2, -0.15) is 0 Å². The molecule has 0 saturated heterocycles. The number of nitrogens with zero attached hydrogens (tertiary/aromatic N) is 1. The van der Waals surface area contributed by atoms with E-state index in [0.29, 0.717) is 0 Å². The van der Waals surface area contributed by atoms with Crippen LogP contribution >= 0.6 is 15.9 Å². The number of pyridine rings is 1. The van der Waals surface area contributed by atoms with Gasteiger partial charge in [0.15, 0.2) is 0 Å². The molecule has 0 aliphatic rings. The highest BCUT2D eigenvalue weighted by atomic mass is 79.9. The van der Waals surface area contributed by atoms with Gasteiger partial charge in [-0.25, -0.2) is 0 Å². The van der Waals surface area contributed by atoms with Gasteiger partial charge in [0.2, 0.25) is 0 Å². The van der Waals surface area contributed by atoms with E-state index in [-0.39, 0.29) is 6.04 Å². The summed E-state index contributed by atoms with van der Waals surface area (Å²) in [6, 6.07) is 12.5. The largest absolute Gasteiger partial charge is 0.497 e. The maximum Gasteiger partial charge on any atom is 0.122 e. The number of aryl methyl sites for hydroxylation is 1. The van der Waals surface area contributed by atoms with E-state index in [4.69, 9.17) is 4.74 Å². The predicted molar refractivity (Wildman–Crippen MR) is 84.9 cm³/mol. The smallest absolute Gasteiger partial charge is 0.122 e. The maximum absolute atomic E-state index is 5.27. The average Bonchev–Trinajstić information content (AvgIpc) is 2.45. The summed E-state index contributed by atoms with van der Waals surface area (Å²) in [7, 11) is 1.68. The van der Waals surface area contributed by atoms with Crippen molar-refractivity contribution in [3.05, 3.63) is 57.8 Å². The minimum atomic E-state index is 0.274. The Kier molecular flexibility index (Phi) is 5.15. The van der Waals surface area contributed by atoms with Gasteiger partial charge in [0, 0.05) is 34.9 Å². The first-order chi connectivity index (χ1) is 9.58. The molecule has 1 N–H and O–H groups in total. The molecule has 2 rings (SSSR count). The van der Waals surface area contributed by atoms with E-state index >= 15 is 0 Å². The standard InChI is InChI=1S/C16H19BrN2O/c1-11-8-16(20-3)9-15(19-11)10-18-12(2)13-4-6-14(17)7-5-13/h4-9,12,18H,10H2,1-3H3. The first kappa shape index (κ1) is 15.0. The number of hydrogen-bond acceptors (Lipinski definition) is 3. The van der Waals surface area contributed by atoms with E-state index in [1.165, 1.54) is 5.56 Å². The third-order valence-corrected chi connectivity index (χ3v) is 3.70. The van der Waals surface area contributed by atoms with E-state index in [0.717, 1.165) is 28.2 Å². The molecule has 3 nitrogen and oxygen atoms in total. The molecule has 1 unspecified atom stereocenters. The van der Waals surface area contributed by atoms with Crippen LogP contribution < -0.4 is 10.1 Å². The molecule has 0 spiro atoms. The van der Waals surface area contributed by atoms with Crippen LogP contribution in [0, 0.1) is 6.92 Å². The molecule has 106 valence electrons. The fourth-order valence-corrected chi connectivity index (χ4v) is 2.30. The van der Waals surface area contributed by atoms with Crippen molar-refractivity contribution in [2.45, 2.75) is 26.4 Å². The first-order valence-electron chi connectivity index (χ1n) is 6.59. The van der Waals surface area contributed by atoms with Crippen molar-refractivity contribution >= 4 is 15.9 Å². The molecule has 4 heteroatoms. The second-order valence-corrected chi connectivity index (χ2v) is 5.71. The highest BCUT2D eigenvalue weighted by Gasteiger charge is 2.06. The molecule has 1 aromatic carbocycles. The molecule has 1 aromatic heterocycles. The minimum absolute atomic E-state index is 0.274. The Hall–Kier alpha value is -1.39. The van der Waals surface area contributed by atoms with Crippen molar-refractivity contribution in [2.75, 3.05) is 7.11 Å². The molecular weight excluding hydrogens is 316 g/mol. The van der Waals surface area contributed by atoms with Crippen LogP contribution in [0.25, 0.3) is 0 Å². The zero-order valence-corrected chi connectivity index (χ0v) is 13.6. The zero-order valence-electron chi connectivity index (χ0n) is 12.0. The van der Waals surface area contributed by atoms with Crippen LogP contribution in [-0.2, 0) is 6.54 Å². The van der Waals surface area contributed by atoms with Crippen LogP contribution in [0.15, 0.2) is 40.9 Å². The van der Waals surface area contributed by atoms with Crippen LogP contribution in [0.3, 0.4) is 0 Å². The Balaban J connectivity index is 2.01. The van der Waals surface area contributed by atoms with Crippen LogP contribution in [0.4, 0.5) is 0 Å².